The highest BCUT2D eigenvalue weighted by molar-refractivity contribution is 6.30. The summed E-state index contributed by atoms with van der Waals surface area (Å²) in [6, 6.07) is 12.4. The number of nitrogens with zero attached hydrogens (tertiary/aromatic N) is 1. The molecular formula is C21H20ClN3O3. The second kappa shape index (κ2) is 7.28. The highest BCUT2D eigenvalue weighted by atomic mass is 35.5. The lowest BCUT2D eigenvalue weighted by molar-refractivity contribution is 0.0932. The number of H-pyrrole nitrogens is 1. The van der Waals surface area contributed by atoms with Gasteiger partial charge in [0.05, 0.1) is 17.1 Å². The van der Waals surface area contributed by atoms with Crippen molar-refractivity contribution in [3.63, 3.8) is 0 Å². The molecule has 1 fully saturated rings. The van der Waals surface area contributed by atoms with Gasteiger partial charge in [-0.3, -0.25) is 14.4 Å². The van der Waals surface area contributed by atoms with Crippen LogP contribution in [0.15, 0.2) is 52.1 Å². The molecule has 1 aliphatic rings. The molecule has 0 unspecified atom stereocenters. The van der Waals surface area contributed by atoms with Crippen molar-refractivity contribution in [2.75, 3.05) is 0 Å². The molecule has 1 atom stereocenters. The average Bonchev–Trinajstić information content (AvgIpc) is 3.52. The van der Waals surface area contributed by atoms with E-state index in [1.807, 2.05) is 24.3 Å². The van der Waals surface area contributed by atoms with Crippen molar-refractivity contribution < 1.29 is 4.79 Å². The third-order valence-electron chi connectivity index (χ3n) is 5.16. The fourth-order valence-corrected chi connectivity index (χ4v) is 3.66. The summed E-state index contributed by atoms with van der Waals surface area (Å²) < 4.78 is 1.40. The molecule has 0 saturated heterocycles. The molecule has 0 bridgehead atoms. The summed E-state index contributed by atoms with van der Waals surface area (Å²) in [7, 11) is 0. The molecule has 0 radical (unpaired) electrons. The molecular weight excluding hydrogens is 378 g/mol. The number of fused-ring (bicyclic) bond motifs is 1. The summed E-state index contributed by atoms with van der Waals surface area (Å²) in [5.74, 6) is 0.194. The predicted molar refractivity (Wildman–Crippen MR) is 109 cm³/mol. The van der Waals surface area contributed by atoms with Crippen LogP contribution in [-0.4, -0.2) is 15.5 Å². The van der Waals surface area contributed by atoms with Gasteiger partial charge in [0, 0.05) is 17.1 Å². The zero-order chi connectivity index (χ0) is 19.8. The van der Waals surface area contributed by atoms with Gasteiger partial charge in [-0.1, -0.05) is 23.7 Å². The molecule has 3 aromatic rings. The van der Waals surface area contributed by atoms with Crippen molar-refractivity contribution in [2.24, 2.45) is 5.92 Å². The molecule has 2 N–H and O–H groups in total. The van der Waals surface area contributed by atoms with Gasteiger partial charge in [0.25, 0.3) is 5.91 Å². The number of benzene rings is 2. The van der Waals surface area contributed by atoms with Crippen molar-refractivity contribution in [1.82, 2.24) is 14.9 Å². The van der Waals surface area contributed by atoms with Crippen LogP contribution in [0.25, 0.3) is 11.0 Å². The Kier molecular flexibility index (Phi) is 4.81. The van der Waals surface area contributed by atoms with E-state index in [9.17, 15) is 14.4 Å². The summed E-state index contributed by atoms with van der Waals surface area (Å²) in [6.45, 7) is 2.18. The fraction of sp³-hybridized carbons (Fsp3) is 0.286. The number of aromatic amines is 1. The lowest BCUT2D eigenvalue weighted by Crippen LogP contribution is -2.36. The van der Waals surface area contributed by atoms with E-state index < -0.39 is 11.1 Å². The first-order valence-corrected chi connectivity index (χ1v) is 9.69. The van der Waals surface area contributed by atoms with Crippen molar-refractivity contribution in [2.45, 2.75) is 32.4 Å². The first kappa shape index (κ1) is 18.5. The molecule has 144 valence electrons. The third-order valence-corrected chi connectivity index (χ3v) is 5.41. The topological polar surface area (TPSA) is 84.0 Å². The highest BCUT2D eigenvalue weighted by Gasteiger charge is 2.33. The Morgan fingerprint density at radius 1 is 1.21 bits per heavy atom. The molecule has 0 aliphatic heterocycles. The van der Waals surface area contributed by atoms with Gasteiger partial charge in [-0.2, -0.15) is 0 Å². The summed E-state index contributed by atoms with van der Waals surface area (Å²) in [4.78, 5) is 39.3. The smallest absolute Gasteiger partial charge is 0.316 e. The second-order valence-corrected chi connectivity index (χ2v) is 7.51. The molecule has 7 heteroatoms. The van der Waals surface area contributed by atoms with E-state index in [1.165, 1.54) is 4.57 Å². The van der Waals surface area contributed by atoms with Gasteiger partial charge >= 0.3 is 11.1 Å². The van der Waals surface area contributed by atoms with Crippen LogP contribution in [0.3, 0.4) is 0 Å². The zero-order valence-corrected chi connectivity index (χ0v) is 16.1. The lowest BCUT2D eigenvalue weighted by atomic mass is 10.0. The number of hydrogen-bond donors (Lipinski definition) is 2. The molecule has 1 amide bonds. The van der Waals surface area contributed by atoms with Crippen LogP contribution < -0.4 is 16.4 Å². The molecule has 1 heterocycles. The van der Waals surface area contributed by atoms with E-state index >= 15 is 0 Å². The first-order valence-electron chi connectivity index (χ1n) is 9.31. The Balaban J connectivity index is 1.66. The molecule has 6 nitrogen and oxygen atoms in total. The van der Waals surface area contributed by atoms with Crippen LogP contribution >= 0.6 is 11.6 Å². The lowest BCUT2D eigenvalue weighted by Gasteiger charge is -2.19. The van der Waals surface area contributed by atoms with Gasteiger partial charge in [0.15, 0.2) is 0 Å². The number of halogens is 1. The summed E-state index contributed by atoms with van der Waals surface area (Å²) in [5.41, 5.74) is 1.24. The minimum atomic E-state index is -0.691. The van der Waals surface area contributed by atoms with E-state index in [4.69, 9.17) is 11.6 Å². The Hall–Kier alpha value is -2.86. The summed E-state index contributed by atoms with van der Waals surface area (Å²) in [5, 5.41) is 3.77. The van der Waals surface area contributed by atoms with E-state index in [0.717, 1.165) is 18.4 Å². The minimum Gasteiger partial charge on any atom is -0.345 e. The number of carbonyl (C=O) groups excluding carboxylic acids is 1. The summed E-state index contributed by atoms with van der Waals surface area (Å²) in [6.07, 6.45) is 2.14. The van der Waals surface area contributed by atoms with Crippen LogP contribution in [0.2, 0.25) is 5.02 Å². The van der Waals surface area contributed by atoms with Gasteiger partial charge in [0.1, 0.15) is 0 Å². The Morgan fingerprint density at radius 3 is 2.57 bits per heavy atom. The summed E-state index contributed by atoms with van der Waals surface area (Å²) >= 11 is 5.98. The third kappa shape index (κ3) is 3.47. The number of rotatable bonds is 5. The fourth-order valence-electron chi connectivity index (χ4n) is 3.53. The van der Waals surface area contributed by atoms with Crippen molar-refractivity contribution in [3.8, 4) is 0 Å². The number of aromatic nitrogens is 2. The van der Waals surface area contributed by atoms with Gasteiger partial charge in [-0.25, -0.2) is 0 Å². The molecule has 28 heavy (non-hydrogen) atoms. The van der Waals surface area contributed by atoms with Crippen LogP contribution in [-0.2, 0) is 6.54 Å². The van der Waals surface area contributed by atoms with E-state index in [1.54, 1.807) is 25.1 Å². The van der Waals surface area contributed by atoms with Crippen LogP contribution in [0.5, 0.6) is 0 Å². The highest BCUT2D eigenvalue weighted by Crippen LogP contribution is 2.41. The number of aryl methyl sites for hydroxylation is 1. The predicted octanol–water partition coefficient (Wildman–Crippen LogP) is 3.24. The van der Waals surface area contributed by atoms with Crippen molar-refractivity contribution in [1.29, 1.82) is 0 Å². The molecule has 2 aromatic carbocycles. The Bertz CT molecular complexity index is 1160. The zero-order valence-electron chi connectivity index (χ0n) is 15.4. The van der Waals surface area contributed by atoms with E-state index in [0.29, 0.717) is 34.1 Å². The molecule has 1 saturated carbocycles. The monoisotopic (exact) mass is 397 g/mol. The quantitative estimate of drug-likeness (QED) is 0.648. The first-order chi connectivity index (χ1) is 13.5. The maximum absolute atomic E-state index is 12.9. The molecule has 1 aromatic heterocycles. The van der Waals surface area contributed by atoms with Gasteiger partial charge in [0.2, 0.25) is 0 Å². The molecule has 4 rings (SSSR count). The number of hydrogen-bond acceptors (Lipinski definition) is 3. The van der Waals surface area contributed by atoms with Gasteiger partial charge in [-0.05, 0) is 61.6 Å². The van der Waals surface area contributed by atoms with Crippen LogP contribution in [0, 0.1) is 5.92 Å². The van der Waals surface area contributed by atoms with E-state index in [-0.39, 0.29) is 11.9 Å². The number of amides is 1. The standard InChI is InChI=1S/C21H20ClN3O3/c1-2-25-17-10-7-14(11-16(17)23-20(27)21(25)28)19(26)24-18(12-3-4-12)13-5-8-15(22)9-6-13/h5-12,18H,2-4H2,1H3,(H,23,27)(H,24,26)/t18-/m1/s1. The Morgan fingerprint density at radius 2 is 1.93 bits per heavy atom. The average molecular weight is 398 g/mol. The number of carbonyl (C=O) groups is 1. The molecule has 1 aliphatic carbocycles. The minimum absolute atomic E-state index is 0.0795. The van der Waals surface area contributed by atoms with Crippen LogP contribution in [0.1, 0.15) is 41.7 Å². The second-order valence-electron chi connectivity index (χ2n) is 7.08. The molecule has 0 spiro atoms. The SMILES string of the molecule is CCn1c(=O)c(=O)[nH]c2cc(C(=O)N[C@@H](c3ccc(Cl)cc3)C3CC3)ccc21. The Labute approximate surface area is 166 Å². The van der Waals surface area contributed by atoms with E-state index in [2.05, 4.69) is 10.3 Å². The largest absolute Gasteiger partial charge is 0.345 e. The number of nitrogens with one attached hydrogen (secondary N) is 2. The van der Waals surface area contributed by atoms with Gasteiger partial charge in [-0.15, -0.1) is 0 Å². The normalized spacial score (nSPS) is 14.8. The van der Waals surface area contributed by atoms with Crippen molar-refractivity contribution >= 4 is 28.5 Å². The maximum Gasteiger partial charge on any atom is 0.316 e. The van der Waals surface area contributed by atoms with Crippen molar-refractivity contribution in [3.05, 3.63) is 79.3 Å². The van der Waals surface area contributed by atoms with Gasteiger partial charge < -0.3 is 14.9 Å². The van der Waals surface area contributed by atoms with Crippen LogP contribution in [0.4, 0.5) is 0 Å². The maximum atomic E-state index is 12.9.